The summed E-state index contributed by atoms with van der Waals surface area (Å²) in [5.41, 5.74) is 2.89. The van der Waals surface area contributed by atoms with Gasteiger partial charge in [-0.1, -0.05) is 61.3 Å². The van der Waals surface area contributed by atoms with Gasteiger partial charge in [-0.2, -0.15) is 0 Å². The van der Waals surface area contributed by atoms with E-state index in [2.05, 4.69) is 24.1 Å². The Morgan fingerprint density at radius 2 is 1.85 bits per heavy atom. The lowest BCUT2D eigenvalue weighted by atomic mass is 10.0. The molecule has 1 heterocycles. The van der Waals surface area contributed by atoms with E-state index in [0.717, 1.165) is 22.9 Å². The Balaban J connectivity index is 2.03. The van der Waals surface area contributed by atoms with Crippen molar-refractivity contribution >= 4 is 40.0 Å². The third-order valence-electron chi connectivity index (χ3n) is 4.18. The number of para-hydroxylation sites is 1. The van der Waals surface area contributed by atoms with Crippen LogP contribution in [0.1, 0.15) is 30.6 Å². The van der Waals surface area contributed by atoms with E-state index in [9.17, 15) is 4.79 Å². The maximum atomic E-state index is 12.8. The van der Waals surface area contributed by atoms with Crippen molar-refractivity contribution in [2.45, 2.75) is 20.3 Å². The summed E-state index contributed by atoms with van der Waals surface area (Å²) >= 11 is 12.2. The number of rotatable bonds is 5. The molecule has 3 rings (SSSR count). The number of hydrogen-bond acceptors (Lipinski definition) is 2. The highest BCUT2D eigenvalue weighted by molar-refractivity contribution is 6.42. The predicted octanol–water partition coefficient (Wildman–Crippen LogP) is 5.98. The molecule has 0 aliphatic heterocycles. The fraction of sp³-hybridized carbons (Fsp3) is 0.238. The lowest BCUT2D eigenvalue weighted by molar-refractivity contribution is 0.0953. The Kier molecular flexibility index (Phi) is 5.80. The number of carbonyl (C=O) groups is 1. The Morgan fingerprint density at radius 1 is 1.08 bits per heavy atom. The van der Waals surface area contributed by atoms with Gasteiger partial charge >= 0.3 is 0 Å². The van der Waals surface area contributed by atoms with Crippen LogP contribution in [0.5, 0.6) is 0 Å². The van der Waals surface area contributed by atoms with E-state index in [0.29, 0.717) is 33.8 Å². The molecule has 0 saturated carbocycles. The zero-order chi connectivity index (χ0) is 18.7. The van der Waals surface area contributed by atoms with Crippen molar-refractivity contribution in [3.8, 4) is 11.3 Å². The fourth-order valence-corrected chi connectivity index (χ4v) is 3.03. The van der Waals surface area contributed by atoms with Gasteiger partial charge in [0.05, 0.1) is 26.8 Å². The number of pyridine rings is 1. The standard InChI is InChI=1S/C21H20Cl2N2O/c1-13(2)9-10-24-21(26)16-12-20(14-7-8-17(22)18(23)11-14)25-19-6-4-3-5-15(16)19/h3-8,11-13H,9-10H2,1-2H3,(H,24,26). The van der Waals surface area contributed by atoms with Crippen molar-refractivity contribution in [3.05, 3.63) is 64.1 Å². The van der Waals surface area contributed by atoms with Crippen LogP contribution in [0, 0.1) is 5.92 Å². The van der Waals surface area contributed by atoms with Crippen molar-refractivity contribution < 1.29 is 4.79 Å². The SMILES string of the molecule is CC(C)CCNC(=O)c1cc(-c2ccc(Cl)c(Cl)c2)nc2ccccc12. The van der Waals surface area contributed by atoms with Crippen LogP contribution >= 0.6 is 23.2 Å². The maximum absolute atomic E-state index is 12.8. The van der Waals surface area contributed by atoms with Gasteiger partial charge in [0.1, 0.15) is 0 Å². The monoisotopic (exact) mass is 386 g/mol. The van der Waals surface area contributed by atoms with Gasteiger partial charge in [-0.15, -0.1) is 0 Å². The molecule has 1 aromatic heterocycles. The first-order valence-electron chi connectivity index (χ1n) is 8.59. The van der Waals surface area contributed by atoms with Crippen molar-refractivity contribution in [2.24, 2.45) is 5.92 Å². The van der Waals surface area contributed by atoms with Crippen molar-refractivity contribution in [3.63, 3.8) is 0 Å². The van der Waals surface area contributed by atoms with Crippen LogP contribution in [-0.4, -0.2) is 17.4 Å². The van der Waals surface area contributed by atoms with Gasteiger partial charge in [0.15, 0.2) is 0 Å². The Morgan fingerprint density at radius 3 is 2.58 bits per heavy atom. The molecule has 26 heavy (non-hydrogen) atoms. The number of amides is 1. The van der Waals surface area contributed by atoms with Crippen LogP contribution in [0.25, 0.3) is 22.2 Å². The number of benzene rings is 2. The molecule has 3 aromatic rings. The van der Waals surface area contributed by atoms with Crippen LogP contribution < -0.4 is 5.32 Å². The number of hydrogen-bond donors (Lipinski definition) is 1. The summed E-state index contributed by atoms with van der Waals surface area (Å²) in [5, 5.41) is 4.79. The largest absolute Gasteiger partial charge is 0.352 e. The van der Waals surface area contributed by atoms with E-state index >= 15 is 0 Å². The molecule has 0 radical (unpaired) electrons. The highest BCUT2D eigenvalue weighted by Gasteiger charge is 2.14. The number of carbonyl (C=O) groups excluding carboxylic acids is 1. The molecule has 0 atom stereocenters. The molecule has 1 amide bonds. The summed E-state index contributed by atoms with van der Waals surface area (Å²) in [6.07, 6.45) is 0.939. The van der Waals surface area contributed by atoms with Gasteiger partial charge in [0.25, 0.3) is 5.91 Å². The lowest BCUT2D eigenvalue weighted by Crippen LogP contribution is -2.25. The molecule has 0 aliphatic carbocycles. The van der Waals surface area contributed by atoms with Gasteiger partial charge < -0.3 is 5.32 Å². The minimum atomic E-state index is -0.0921. The minimum absolute atomic E-state index is 0.0921. The molecule has 1 N–H and O–H groups in total. The van der Waals surface area contributed by atoms with E-state index < -0.39 is 0 Å². The average Bonchev–Trinajstić information content (AvgIpc) is 2.62. The third kappa shape index (κ3) is 4.17. The van der Waals surface area contributed by atoms with E-state index in [1.54, 1.807) is 12.1 Å². The quantitative estimate of drug-likeness (QED) is 0.585. The van der Waals surface area contributed by atoms with E-state index in [1.807, 2.05) is 36.4 Å². The van der Waals surface area contributed by atoms with Crippen LogP contribution in [0.4, 0.5) is 0 Å². The molecule has 0 spiro atoms. The Bertz CT molecular complexity index is 954. The normalized spacial score (nSPS) is 11.1. The minimum Gasteiger partial charge on any atom is -0.352 e. The molecule has 2 aromatic carbocycles. The highest BCUT2D eigenvalue weighted by atomic mass is 35.5. The summed E-state index contributed by atoms with van der Waals surface area (Å²) in [6, 6.07) is 14.8. The van der Waals surface area contributed by atoms with Crippen LogP contribution in [0.3, 0.4) is 0 Å². The first-order valence-corrected chi connectivity index (χ1v) is 9.34. The molecule has 0 unspecified atom stereocenters. The van der Waals surface area contributed by atoms with E-state index in [-0.39, 0.29) is 5.91 Å². The van der Waals surface area contributed by atoms with Crippen LogP contribution in [-0.2, 0) is 0 Å². The van der Waals surface area contributed by atoms with Crippen LogP contribution in [0.2, 0.25) is 10.0 Å². The molecule has 0 fully saturated rings. The molecular weight excluding hydrogens is 367 g/mol. The van der Waals surface area contributed by atoms with Gasteiger partial charge in [-0.3, -0.25) is 4.79 Å². The zero-order valence-corrected chi connectivity index (χ0v) is 16.2. The average molecular weight is 387 g/mol. The first-order chi connectivity index (χ1) is 12.5. The van der Waals surface area contributed by atoms with E-state index in [1.165, 1.54) is 0 Å². The molecule has 5 heteroatoms. The molecule has 134 valence electrons. The van der Waals surface area contributed by atoms with Gasteiger partial charge in [0, 0.05) is 17.5 Å². The lowest BCUT2D eigenvalue weighted by Gasteiger charge is -2.12. The molecule has 3 nitrogen and oxygen atoms in total. The number of fused-ring (bicyclic) bond motifs is 1. The second-order valence-electron chi connectivity index (χ2n) is 6.64. The van der Waals surface area contributed by atoms with E-state index in [4.69, 9.17) is 23.2 Å². The topological polar surface area (TPSA) is 42.0 Å². The van der Waals surface area contributed by atoms with Crippen molar-refractivity contribution in [1.29, 1.82) is 0 Å². The number of nitrogens with one attached hydrogen (secondary N) is 1. The van der Waals surface area contributed by atoms with Crippen LogP contribution in [0.15, 0.2) is 48.5 Å². The maximum Gasteiger partial charge on any atom is 0.252 e. The number of halogens is 2. The summed E-state index contributed by atoms with van der Waals surface area (Å²) in [7, 11) is 0. The first kappa shape index (κ1) is 18.7. The molecule has 0 bridgehead atoms. The number of nitrogens with zero attached hydrogens (tertiary/aromatic N) is 1. The zero-order valence-electron chi connectivity index (χ0n) is 14.7. The summed E-state index contributed by atoms with van der Waals surface area (Å²) in [5.74, 6) is 0.446. The van der Waals surface area contributed by atoms with Gasteiger partial charge in [0.2, 0.25) is 0 Å². The van der Waals surface area contributed by atoms with Crippen molar-refractivity contribution in [1.82, 2.24) is 10.3 Å². The summed E-state index contributed by atoms with van der Waals surface area (Å²) < 4.78 is 0. The second kappa shape index (κ2) is 8.07. The Labute approximate surface area is 163 Å². The molecular formula is C21H20Cl2N2O. The number of aromatic nitrogens is 1. The predicted molar refractivity (Wildman–Crippen MR) is 109 cm³/mol. The Hall–Kier alpha value is -2.10. The molecule has 0 saturated heterocycles. The third-order valence-corrected chi connectivity index (χ3v) is 4.92. The summed E-state index contributed by atoms with van der Waals surface area (Å²) in [6.45, 7) is 4.92. The second-order valence-corrected chi connectivity index (χ2v) is 7.45. The highest BCUT2D eigenvalue weighted by Crippen LogP contribution is 2.30. The van der Waals surface area contributed by atoms with Gasteiger partial charge in [-0.25, -0.2) is 4.98 Å². The van der Waals surface area contributed by atoms with Crippen molar-refractivity contribution in [2.75, 3.05) is 6.54 Å². The smallest absolute Gasteiger partial charge is 0.252 e. The molecule has 0 aliphatic rings. The summed E-state index contributed by atoms with van der Waals surface area (Å²) in [4.78, 5) is 17.4. The fourth-order valence-electron chi connectivity index (χ4n) is 2.74. The van der Waals surface area contributed by atoms with Gasteiger partial charge in [-0.05, 0) is 36.6 Å².